The summed E-state index contributed by atoms with van der Waals surface area (Å²) in [4.78, 5) is 9.89. The van der Waals surface area contributed by atoms with Crippen molar-refractivity contribution in [3.05, 3.63) is 219 Å². The van der Waals surface area contributed by atoms with E-state index in [9.17, 15) is 0 Å². The van der Waals surface area contributed by atoms with Crippen LogP contribution in [0.25, 0.3) is 132 Å². The first-order chi connectivity index (χ1) is 30.8. The van der Waals surface area contributed by atoms with Gasteiger partial charge >= 0.3 is 0 Å². The maximum Gasteiger partial charge on any atom is 0.116 e. The molecule has 13 rings (SSSR count). The highest BCUT2D eigenvalue weighted by molar-refractivity contribution is 6.30. The molecule has 1 aliphatic rings. The number of hydrogen-bond donors (Lipinski definition) is 0. The van der Waals surface area contributed by atoms with Gasteiger partial charge < -0.3 is 0 Å². The van der Waals surface area contributed by atoms with E-state index < -0.39 is 0 Å². The Morgan fingerprint density at radius 3 is 1.47 bits per heavy atom. The lowest BCUT2D eigenvalue weighted by Crippen LogP contribution is -1.95. The molecular weight excluding hydrogens is 749 g/mol. The Kier molecular flexibility index (Phi) is 7.64. The topological polar surface area (TPSA) is 25.8 Å². The van der Waals surface area contributed by atoms with Gasteiger partial charge in [0.1, 0.15) is 6.33 Å². The number of fused-ring (bicyclic) bond motifs is 3. The molecule has 1 aliphatic carbocycles. The predicted octanol–water partition coefficient (Wildman–Crippen LogP) is 16.2. The van der Waals surface area contributed by atoms with Crippen molar-refractivity contribution in [1.82, 2.24) is 9.97 Å². The van der Waals surface area contributed by atoms with Gasteiger partial charge in [0.05, 0.1) is 11.4 Å². The molecule has 2 nitrogen and oxygen atoms in total. The zero-order valence-electron chi connectivity index (χ0n) is 33.7. The average Bonchev–Trinajstić information content (AvgIpc) is 3.68. The fraction of sp³-hybridized carbons (Fsp3) is 0. The van der Waals surface area contributed by atoms with Gasteiger partial charge in [-0.25, -0.2) is 9.97 Å². The first-order valence-electron chi connectivity index (χ1n) is 21.3. The van der Waals surface area contributed by atoms with E-state index in [-0.39, 0.29) is 0 Å². The highest BCUT2D eigenvalue weighted by Crippen LogP contribution is 2.51. The third kappa shape index (κ3) is 5.17. The van der Waals surface area contributed by atoms with Gasteiger partial charge in [-0.2, -0.15) is 0 Å². The van der Waals surface area contributed by atoms with Crippen molar-refractivity contribution in [2.24, 2.45) is 0 Å². The summed E-state index contributed by atoms with van der Waals surface area (Å²) in [5, 5.41) is 10.0. The lowest BCUT2D eigenvalue weighted by Gasteiger charge is -2.21. The van der Waals surface area contributed by atoms with Crippen molar-refractivity contribution in [3.8, 4) is 89.3 Å². The minimum Gasteiger partial charge on any atom is -0.236 e. The van der Waals surface area contributed by atoms with E-state index in [0.717, 1.165) is 28.1 Å². The van der Waals surface area contributed by atoms with Gasteiger partial charge in [-0.3, -0.25) is 0 Å². The Hall–Kier alpha value is -8.20. The fourth-order valence-electron chi connectivity index (χ4n) is 10.4. The Morgan fingerprint density at radius 2 is 0.742 bits per heavy atom. The molecule has 0 saturated heterocycles. The van der Waals surface area contributed by atoms with Crippen molar-refractivity contribution in [2.75, 3.05) is 0 Å². The second-order valence-electron chi connectivity index (χ2n) is 16.4. The smallest absolute Gasteiger partial charge is 0.116 e. The van der Waals surface area contributed by atoms with Crippen LogP contribution in [0.4, 0.5) is 0 Å². The number of nitrogens with zero attached hydrogens (tertiary/aromatic N) is 2. The van der Waals surface area contributed by atoms with Gasteiger partial charge in [0.25, 0.3) is 0 Å². The standard InChI is InChI=1S/C60H36N2/c1-3-14-37(15-4-1)43-22-7-9-24-45(43)47-30-28-40-29-31-50-54(46-25-10-8-23-44(46)38-16-5-2-6-17-38)35-53(49-33-32-48(47)56(40)57(49)50)41-20-11-21-42(34-41)59-58-51-26-12-18-39-19-13-27-52(55(39)51)60(58)62-36-61-59/h1-36H. The number of benzene rings is 11. The van der Waals surface area contributed by atoms with Crippen molar-refractivity contribution in [1.29, 1.82) is 0 Å². The van der Waals surface area contributed by atoms with Crippen LogP contribution in [0.3, 0.4) is 0 Å². The fourth-order valence-corrected chi connectivity index (χ4v) is 10.4. The second kappa shape index (κ2) is 13.7. The van der Waals surface area contributed by atoms with Crippen LogP contribution in [0.1, 0.15) is 0 Å². The zero-order chi connectivity index (χ0) is 40.7. The maximum atomic E-state index is 5.02. The van der Waals surface area contributed by atoms with Crippen molar-refractivity contribution < 1.29 is 0 Å². The molecule has 12 aromatic rings. The van der Waals surface area contributed by atoms with Gasteiger partial charge in [0, 0.05) is 16.7 Å². The average molecular weight is 785 g/mol. The third-order valence-electron chi connectivity index (χ3n) is 13.1. The number of hydrogen-bond acceptors (Lipinski definition) is 2. The van der Waals surface area contributed by atoms with Crippen molar-refractivity contribution in [2.45, 2.75) is 0 Å². The normalized spacial score (nSPS) is 11.9. The van der Waals surface area contributed by atoms with Crippen LogP contribution in [0, 0.1) is 0 Å². The maximum absolute atomic E-state index is 5.02. The molecule has 1 aromatic heterocycles. The molecule has 0 spiro atoms. The molecule has 0 amide bonds. The Labute approximate surface area is 359 Å². The first-order valence-corrected chi connectivity index (χ1v) is 21.3. The molecule has 1 heterocycles. The van der Waals surface area contributed by atoms with Gasteiger partial charge in [-0.1, -0.05) is 200 Å². The van der Waals surface area contributed by atoms with E-state index in [2.05, 4.69) is 212 Å². The van der Waals surface area contributed by atoms with E-state index in [1.54, 1.807) is 6.33 Å². The zero-order valence-corrected chi connectivity index (χ0v) is 33.7. The first kappa shape index (κ1) is 34.6. The lowest BCUT2D eigenvalue weighted by molar-refractivity contribution is 1.19. The molecule has 0 fully saturated rings. The SMILES string of the molecule is c1ccc(-c2ccccc2-c2ccc3ccc4c(-c5ccccc5-c5ccccc5)cc(-c5cccc(-c6ncnc7c6-c6cccc8cccc-7c68)c5)c5ccc2c3c54)cc1. The Bertz CT molecular complexity index is 3730. The molecular formula is C60H36N2. The summed E-state index contributed by atoms with van der Waals surface area (Å²) in [5.74, 6) is 0. The van der Waals surface area contributed by atoms with Crippen LogP contribution in [-0.4, -0.2) is 9.97 Å². The number of rotatable bonds is 6. The predicted molar refractivity (Wildman–Crippen MR) is 260 cm³/mol. The summed E-state index contributed by atoms with van der Waals surface area (Å²) < 4.78 is 0. The largest absolute Gasteiger partial charge is 0.236 e. The second-order valence-corrected chi connectivity index (χ2v) is 16.4. The van der Waals surface area contributed by atoms with Crippen LogP contribution in [0.5, 0.6) is 0 Å². The summed E-state index contributed by atoms with van der Waals surface area (Å²) >= 11 is 0. The molecule has 0 N–H and O–H groups in total. The molecule has 0 atom stereocenters. The van der Waals surface area contributed by atoms with E-state index in [4.69, 9.17) is 9.97 Å². The number of aromatic nitrogens is 2. The molecule has 0 bridgehead atoms. The van der Waals surface area contributed by atoms with Gasteiger partial charge in [-0.15, -0.1) is 0 Å². The van der Waals surface area contributed by atoms with Gasteiger partial charge in [0.2, 0.25) is 0 Å². The monoisotopic (exact) mass is 784 g/mol. The molecule has 62 heavy (non-hydrogen) atoms. The van der Waals surface area contributed by atoms with E-state index in [1.807, 2.05) is 0 Å². The van der Waals surface area contributed by atoms with E-state index >= 15 is 0 Å². The van der Waals surface area contributed by atoms with Crippen LogP contribution in [0.2, 0.25) is 0 Å². The quantitative estimate of drug-likeness (QED) is 0.157. The van der Waals surface area contributed by atoms with Crippen LogP contribution in [-0.2, 0) is 0 Å². The molecule has 0 radical (unpaired) electrons. The van der Waals surface area contributed by atoms with Crippen LogP contribution < -0.4 is 0 Å². The van der Waals surface area contributed by atoms with Crippen molar-refractivity contribution >= 4 is 43.1 Å². The Morgan fingerprint density at radius 1 is 0.242 bits per heavy atom. The minimum absolute atomic E-state index is 0.953. The van der Waals surface area contributed by atoms with Gasteiger partial charge in [0.15, 0.2) is 0 Å². The summed E-state index contributed by atoms with van der Waals surface area (Å²) in [6, 6.07) is 77.8. The summed E-state index contributed by atoms with van der Waals surface area (Å²) in [5.41, 5.74) is 18.6. The van der Waals surface area contributed by atoms with Gasteiger partial charge in [-0.05, 0) is 116 Å². The summed E-state index contributed by atoms with van der Waals surface area (Å²) in [7, 11) is 0. The minimum atomic E-state index is 0.953. The van der Waals surface area contributed by atoms with Crippen LogP contribution >= 0.6 is 0 Å². The summed E-state index contributed by atoms with van der Waals surface area (Å²) in [6.07, 6.45) is 1.73. The highest BCUT2D eigenvalue weighted by atomic mass is 14.9. The highest BCUT2D eigenvalue weighted by Gasteiger charge is 2.27. The summed E-state index contributed by atoms with van der Waals surface area (Å²) in [6.45, 7) is 0. The van der Waals surface area contributed by atoms with E-state index in [0.29, 0.717) is 0 Å². The molecule has 2 heteroatoms. The third-order valence-corrected chi connectivity index (χ3v) is 13.1. The lowest BCUT2D eigenvalue weighted by atomic mass is 9.82. The molecule has 0 aliphatic heterocycles. The van der Waals surface area contributed by atoms with Crippen LogP contribution in [0.15, 0.2) is 219 Å². The molecule has 286 valence electrons. The van der Waals surface area contributed by atoms with Crippen molar-refractivity contribution in [3.63, 3.8) is 0 Å². The Balaban J connectivity index is 1.09. The molecule has 0 unspecified atom stereocenters. The molecule has 0 saturated carbocycles. The van der Waals surface area contributed by atoms with E-state index in [1.165, 1.54) is 104 Å². The molecule has 11 aromatic carbocycles.